The molecule has 1 unspecified atom stereocenters. The molecule has 5 heteroatoms. The van der Waals surface area contributed by atoms with Crippen molar-refractivity contribution in [1.29, 1.82) is 0 Å². The molecule has 18 heavy (non-hydrogen) atoms. The van der Waals surface area contributed by atoms with E-state index in [4.69, 9.17) is 0 Å². The van der Waals surface area contributed by atoms with Crippen molar-refractivity contribution in [2.45, 2.75) is 27.2 Å². The molecular weight excluding hydrogens is 228 g/mol. The molecule has 0 bridgehead atoms. The summed E-state index contributed by atoms with van der Waals surface area (Å²) < 4.78 is 1.72. The molecule has 1 aliphatic heterocycles. The minimum atomic E-state index is -0.289. The van der Waals surface area contributed by atoms with Gasteiger partial charge in [0.1, 0.15) is 0 Å². The second-order valence-corrected chi connectivity index (χ2v) is 5.49. The Morgan fingerprint density at radius 3 is 2.78 bits per heavy atom. The normalized spacial score (nSPS) is 23.6. The molecule has 1 saturated heterocycles. The first kappa shape index (κ1) is 13.1. The molecule has 2 N–H and O–H groups in total. The summed E-state index contributed by atoms with van der Waals surface area (Å²) in [6, 6.07) is 0. The first-order chi connectivity index (χ1) is 8.45. The molecule has 1 atom stereocenters. The standard InChI is InChI=1S/C13H22N4O/c1-9(2)13(5-6-14-8-13)12(18)15-11-7-17(4)16-10(11)3/h7,9,14H,5-6,8H2,1-4H3,(H,15,18). The maximum Gasteiger partial charge on any atom is 0.232 e. The summed E-state index contributed by atoms with van der Waals surface area (Å²) in [6.45, 7) is 7.81. The van der Waals surface area contributed by atoms with Crippen LogP contribution in [0.25, 0.3) is 0 Å². The zero-order valence-corrected chi connectivity index (χ0v) is 11.6. The topological polar surface area (TPSA) is 59.0 Å². The zero-order chi connectivity index (χ0) is 13.3. The van der Waals surface area contributed by atoms with Crippen molar-refractivity contribution in [3.63, 3.8) is 0 Å². The van der Waals surface area contributed by atoms with Crippen LogP contribution >= 0.6 is 0 Å². The molecule has 0 spiro atoms. The van der Waals surface area contributed by atoms with Gasteiger partial charge in [0, 0.05) is 19.8 Å². The van der Waals surface area contributed by atoms with Crippen LogP contribution in [0.5, 0.6) is 0 Å². The van der Waals surface area contributed by atoms with E-state index in [0.29, 0.717) is 5.92 Å². The predicted octanol–water partition coefficient (Wildman–Crippen LogP) is 1.30. The molecule has 2 rings (SSSR count). The summed E-state index contributed by atoms with van der Waals surface area (Å²) in [5, 5.41) is 10.6. The lowest BCUT2D eigenvalue weighted by atomic mass is 9.75. The molecule has 1 amide bonds. The molecular formula is C13H22N4O. The minimum absolute atomic E-state index is 0.110. The van der Waals surface area contributed by atoms with E-state index in [-0.39, 0.29) is 11.3 Å². The van der Waals surface area contributed by atoms with Gasteiger partial charge in [-0.1, -0.05) is 13.8 Å². The van der Waals surface area contributed by atoms with Crippen molar-refractivity contribution in [2.75, 3.05) is 18.4 Å². The lowest BCUT2D eigenvalue weighted by molar-refractivity contribution is -0.126. The van der Waals surface area contributed by atoms with Crippen LogP contribution in [-0.2, 0) is 11.8 Å². The summed E-state index contributed by atoms with van der Waals surface area (Å²) in [5.41, 5.74) is 1.38. The number of nitrogens with zero attached hydrogens (tertiary/aromatic N) is 2. The molecule has 0 saturated carbocycles. The molecule has 1 aromatic rings. The molecule has 0 aromatic carbocycles. The van der Waals surface area contributed by atoms with Gasteiger partial charge in [0.05, 0.1) is 16.8 Å². The minimum Gasteiger partial charge on any atom is -0.323 e. The number of hydrogen-bond donors (Lipinski definition) is 2. The SMILES string of the molecule is Cc1nn(C)cc1NC(=O)C1(C(C)C)CCNC1. The number of carbonyl (C=O) groups is 1. The maximum atomic E-state index is 12.6. The lowest BCUT2D eigenvalue weighted by Crippen LogP contribution is -2.42. The number of aryl methyl sites for hydroxylation is 2. The first-order valence-corrected chi connectivity index (χ1v) is 6.48. The highest BCUT2D eigenvalue weighted by Gasteiger charge is 2.44. The van der Waals surface area contributed by atoms with Crippen molar-refractivity contribution >= 4 is 11.6 Å². The third-order valence-corrected chi connectivity index (χ3v) is 4.01. The van der Waals surface area contributed by atoms with Gasteiger partial charge in [-0.15, -0.1) is 0 Å². The average molecular weight is 250 g/mol. The van der Waals surface area contributed by atoms with Crippen molar-refractivity contribution in [1.82, 2.24) is 15.1 Å². The highest BCUT2D eigenvalue weighted by atomic mass is 16.2. The number of amides is 1. The molecule has 1 aliphatic rings. The van der Waals surface area contributed by atoms with Gasteiger partial charge in [-0.05, 0) is 25.8 Å². The second kappa shape index (κ2) is 4.72. The molecule has 1 aromatic heterocycles. The van der Waals surface area contributed by atoms with Crippen molar-refractivity contribution in [3.05, 3.63) is 11.9 Å². The number of anilines is 1. The zero-order valence-electron chi connectivity index (χ0n) is 11.6. The van der Waals surface area contributed by atoms with E-state index in [9.17, 15) is 4.79 Å². The van der Waals surface area contributed by atoms with E-state index in [1.165, 1.54) is 0 Å². The summed E-state index contributed by atoms with van der Waals surface area (Å²) >= 11 is 0. The molecule has 1 fully saturated rings. The smallest absolute Gasteiger partial charge is 0.232 e. The van der Waals surface area contributed by atoms with Gasteiger partial charge < -0.3 is 10.6 Å². The third kappa shape index (κ3) is 2.14. The van der Waals surface area contributed by atoms with Crippen LogP contribution in [0.2, 0.25) is 0 Å². The van der Waals surface area contributed by atoms with Gasteiger partial charge in [-0.3, -0.25) is 9.48 Å². The van der Waals surface area contributed by atoms with Crippen molar-refractivity contribution in [3.8, 4) is 0 Å². The maximum absolute atomic E-state index is 12.6. The largest absolute Gasteiger partial charge is 0.323 e. The Balaban J connectivity index is 2.18. The summed E-state index contributed by atoms with van der Waals surface area (Å²) in [6.07, 6.45) is 2.75. The number of carbonyl (C=O) groups excluding carboxylic acids is 1. The van der Waals surface area contributed by atoms with E-state index < -0.39 is 0 Å². The fraction of sp³-hybridized carbons (Fsp3) is 0.692. The van der Waals surface area contributed by atoms with Gasteiger partial charge in [-0.25, -0.2) is 0 Å². The van der Waals surface area contributed by atoms with Crippen LogP contribution in [0.1, 0.15) is 26.0 Å². The number of nitrogens with one attached hydrogen (secondary N) is 2. The summed E-state index contributed by atoms with van der Waals surface area (Å²) in [5.74, 6) is 0.433. The Kier molecular flexibility index (Phi) is 3.43. The number of aromatic nitrogens is 2. The van der Waals surface area contributed by atoms with E-state index >= 15 is 0 Å². The highest BCUT2D eigenvalue weighted by molar-refractivity contribution is 5.96. The summed E-state index contributed by atoms with van der Waals surface area (Å²) in [7, 11) is 1.86. The molecule has 2 heterocycles. The second-order valence-electron chi connectivity index (χ2n) is 5.49. The highest BCUT2D eigenvalue weighted by Crippen LogP contribution is 2.35. The van der Waals surface area contributed by atoms with Crippen molar-refractivity contribution in [2.24, 2.45) is 18.4 Å². The molecule has 5 nitrogen and oxygen atoms in total. The van der Waals surface area contributed by atoms with Gasteiger partial charge in [0.2, 0.25) is 5.91 Å². The van der Waals surface area contributed by atoms with E-state index in [1.807, 2.05) is 20.2 Å². The monoisotopic (exact) mass is 250 g/mol. The average Bonchev–Trinajstić information content (AvgIpc) is 2.87. The lowest BCUT2D eigenvalue weighted by Gasteiger charge is -2.30. The Labute approximate surface area is 108 Å². The Morgan fingerprint density at radius 1 is 1.61 bits per heavy atom. The summed E-state index contributed by atoms with van der Waals surface area (Å²) in [4.78, 5) is 12.6. The number of hydrogen-bond acceptors (Lipinski definition) is 3. The van der Waals surface area contributed by atoms with Crippen LogP contribution in [0.4, 0.5) is 5.69 Å². The van der Waals surface area contributed by atoms with Crippen LogP contribution in [0.15, 0.2) is 6.20 Å². The van der Waals surface area contributed by atoms with E-state index in [2.05, 4.69) is 29.6 Å². The quantitative estimate of drug-likeness (QED) is 0.850. The van der Waals surface area contributed by atoms with E-state index in [0.717, 1.165) is 30.9 Å². The molecule has 0 aliphatic carbocycles. The Hall–Kier alpha value is -1.36. The fourth-order valence-corrected chi connectivity index (χ4v) is 2.63. The molecule has 100 valence electrons. The first-order valence-electron chi connectivity index (χ1n) is 6.48. The number of rotatable bonds is 3. The Morgan fingerprint density at radius 2 is 2.33 bits per heavy atom. The van der Waals surface area contributed by atoms with Gasteiger partial charge in [-0.2, -0.15) is 5.10 Å². The fourth-order valence-electron chi connectivity index (χ4n) is 2.63. The Bertz CT molecular complexity index is 444. The van der Waals surface area contributed by atoms with Gasteiger partial charge >= 0.3 is 0 Å². The van der Waals surface area contributed by atoms with Crippen LogP contribution in [0, 0.1) is 18.3 Å². The third-order valence-electron chi connectivity index (χ3n) is 4.01. The predicted molar refractivity (Wildman–Crippen MR) is 71.3 cm³/mol. The van der Waals surface area contributed by atoms with Crippen LogP contribution in [-0.4, -0.2) is 28.8 Å². The van der Waals surface area contributed by atoms with E-state index in [1.54, 1.807) is 4.68 Å². The molecule has 0 radical (unpaired) electrons. The van der Waals surface area contributed by atoms with Crippen molar-refractivity contribution < 1.29 is 4.79 Å². The van der Waals surface area contributed by atoms with Gasteiger partial charge in [0.25, 0.3) is 0 Å². The van der Waals surface area contributed by atoms with Crippen LogP contribution < -0.4 is 10.6 Å². The van der Waals surface area contributed by atoms with Crippen LogP contribution in [0.3, 0.4) is 0 Å². The van der Waals surface area contributed by atoms with Gasteiger partial charge in [0.15, 0.2) is 0 Å².